The van der Waals surface area contributed by atoms with Gasteiger partial charge in [-0.25, -0.2) is 4.98 Å². The first-order chi connectivity index (χ1) is 7.25. The first-order valence-corrected chi connectivity index (χ1v) is 5.66. The second kappa shape index (κ2) is 4.59. The molecule has 6 heteroatoms. The number of hydrogen-bond acceptors (Lipinski definition) is 4. The van der Waals surface area contributed by atoms with Crippen molar-refractivity contribution >= 4 is 23.5 Å². The number of nitrogens with one attached hydrogen (secondary N) is 2. The number of rotatable bonds is 2. The molecule has 1 saturated heterocycles. The van der Waals surface area contributed by atoms with Crippen molar-refractivity contribution in [3.05, 3.63) is 24.1 Å². The Morgan fingerprint density at radius 2 is 2.53 bits per heavy atom. The lowest BCUT2D eigenvalue weighted by Crippen LogP contribution is -2.37. The van der Waals surface area contributed by atoms with Crippen LogP contribution >= 0.6 is 11.8 Å². The molecule has 1 fully saturated rings. The molecule has 15 heavy (non-hydrogen) atoms. The van der Waals surface area contributed by atoms with E-state index in [4.69, 9.17) is 0 Å². The number of carbonyl (C=O) groups is 1. The molecule has 0 saturated carbocycles. The Labute approximate surface area is 90.7 Å². The van der Waals surface area contributed by atoms with Crippen LogP contribution < -0.4 is 10.6 Å². The molecule has 2 rings (SSSR count). The predicted octanol–water partition coefficient (Wildman–Crippen LogP) is 0.822. The van der Waals surface area contributed by atoms with Crippen molar-refractivity contribution in [3.8, 4) is 0 Å². The lowest BCUT2D eigenvalue weighted by atomic mass is 10.3. The first kappa shape index (κ1) is 10.4. The van der Waals surface area contributed by atoms with Crippen LogP contribution in [0.15, 0.2) is 18.2 Å². The van der Waals surface area contributed by atoms with E-state index in [1.54, 1.807) is 17.8 Å². The fourth-order valence-electron chi connectivity index (χ4n) is 1.25. The molecule has 0 aliphatic carbocycles. The molecule has 4 nitrogen and oxygen atoms in total. The third-order valence-corrected chi connectivity index (χ3v) is 2.94. The minimum absolute atomic E-state index is 0.168. The minimum atomic E-state index is -0.596. The van der Waals surface area contributed by atoms with Gasteiger partial charge in [0.2, 0.25) is 11.9 Å². The third kappa shape index (κ3) is 2.66. The number of nitrogens with zero attached hydrogens (tertiary/aromatic N) is 1. The zero-order chi connectivity index (χ0) is 10.7. The Kier molecular flexibility index (Phi) is 3.17. The average Bonchev–Trinajstić information content (AvgIpc) is 2.70. The molecule has 2 N–H and O–H groups in total. The maximum absolute atomic E-state index is 12.7. The van der Waals surface area contributed by atoms with Crippen molar-refractivity contribution in [1.82, 2.24) is 10.3 Å². The monoisotopic (exact) mass is 227 g/mol. The van der Waals surface area contributed by atoms with Gasteiger partial charge in [-0.2, -0.15) is 4.39 Å². The number of anilines is 1. The van der Waals surface area contributed by atoms with Crippen molar-refractivity contribution in [2.24, 2.45) is 0 Å². The molecule has 0 radical (unpaired) electrons. The van der Waals surface area contributed by atoms with Gasteiger partial charge in [0.15, 0.2) is 0 Å². The number of halogens is 1. The summed E-state index contributed by atoms with van der Waals surface area (Å²) in [5, 5.41) is 5.58. The lowest BCUT2D eigenvalue weighted by Gasteiger charge is -2.09. The summed E-state index contributed by atoms with van der Waals surface area (Å²) < 4.78 is 12.7. The molecule has 1 amide bonds. The fraction of sp³-hybridized carbons (Fsp3) is 0.333. The van der Waals surface area contributed by atoms with Crippen LogP contribution in [0.2, 0.25) is 0 Å². The third-order valence-electron chi connectivity index (χ3n) is 2.00. The predicted molar refractivity (Wildman–Crippen MR) is 57.1 cm³/mol. The van der Waals surface area contributed by atoms with Crippen molar-refractivity contribution < 1.29 is 9.18 Å². The van der Waals surface area contributed by atoms with Gasteiger partial charge in [-0.3, -0.25) is 10.1 Å². The Hall–Kier alpha value is -1.14. The number of aromatic nitrogens is 1. The average molecular weight is 227 g/mol. The minimum Gasteiger partial charge on any atom is -0.309 e. The molecule has 2 heterocycles. The first-order valence-electron chi connectivity index (χ1n) is 4.50. The van der Waals surface area contributed by atoms with Gasteiger partial charge in [0.1, 0.15) is 5.82 Å². The van der Waals surface area contributed by atoms with E-state index in [2.05, 4.69) is 15.6 Å². The van der Waals surface area contributed by atoms with Crippen LogP contribution in [-0.2, 0) is 4.79 Å². The second-order valence-electron chi connectivity index (χ2n) is 3.11. The van der Waals surface area contributed by atoms with Gasteiger partial charge in [-0.15, -0.1) is 11.8 Å². The SMILES string of the molecule is O=C(Nc1cccc(F)n1)C1CSCN1. The summed E-state index contributed by atoms with van der Waals surface area (Å²) in [6.07, 6.45) is 0. The summed E-state index contributed by atoms with van der Waals surface area (Å²) in [6.45, 7) is 0. The zero-order valence-corrected chi connectivity index (χ0v) is 8.68. The van der Waals surface area contributed by atoms with Crippen LogP contribution in [0.3, 0.4) is 0 Å². The van der Waals surface area contributed by atoms with Crippen LogP contribution in [0.25, 0.3) is 0 Å². The van der Waals surface area contributed by atoms with Crippen molar-refractivity contribution in [2.75, 3.05) is 16.9 Å². The highest BCUT2D eigenvalue weighted by molar-refractivity contribution is 7.99. The Morgan fingerprint density at radius 1 is 1.67 bits per heavy atom. The summed E-state index contributed by atoms with van der Waals surface area (Å²) in [5.74, 6) is 0.994. The van der Waals surface area contributed by atoms with E-state index in [0.29, 0.717) is 0 Å². The lowest BCUT2D eigenvalue weighted by molar-refractivity contribution is -0.117. The smallest absolute Gasteiger partial charge is 0.243 e. The number of amides is 1. The van der Waals surface area contributed by atoms with Gasteiger partial charge in [0.25, 0.3) is 0 Å². The van der Waals surface area contributed by atoms with E-state index in [9.17, 15) is 9.18 Å². The number of thioether (sulfide) groups is 1. The molecule has 1 aromatic rings. The van der Waals surface area contributed by atoms with Crippen LogP contribution in [0.5, 0.6) is 0 Å². The molecule has 1 aromatic heterocycles. The molecule has 1 aliphatic rings. The molecular weight excluding hydrogens is 217 g/mol. The topological polar surface area (TPSA) is 54.0 Å². The second-order valence-corrected chi connectivity index (χ2v) is 4.14. The van der Waals surface area contributed by atoms with Crippen LogP contribution in [0.1, 0.15) is 0 Å². The van der Waals surface area contributed by atoms with E-state index < -0.39 is 5.95 Å². The number of pyridine rings is 1. The van der Waals surface area contributed by atoms with Crippen molar-refractivity contribution in [2.45, 2.75) is 6.04 Å². The van der Waals surface area contributed by atoms with E-state index in [1.807, 2.05) is 0 Å². The normalized spacial score (nSPS) is 20.2. The molecule has 0 spiro atoms. The highest BCUT2D eigenvalue weighted by Crippen LogP contribution is 2.11. The Bertz CT molecular complexity index is 368. The van der Waals surface area contributed by atoms with Gasteiger partial charge in [0.05, 0.1) is 6.04 Å². The van der Waals surface area contributed by atoms with E-state index >= 15 is 0 Å². The number of carbonyl (C=O) groups excluding carboxylic acids is 1. The summed E-state index contributed by atoms with van der Waals surface area (Å²) >= 11 is 1.66. The summed E-state index contributed by atoms with van der Waals surface area (Å²) in [7, 11) is 0. The van der Waals surface area contributed by atoms with E-state index in [0.717, 1.165) is 11.6 Å². The Morgan fingerprint density at radius 3 is 3.20 bits per heavy atom. The molecule has 1 unspecified atom stereocenters. The van der Waals surface area contributed by atoms with Crippen molar-refractivity contribution in [1.29, 1.82) is 0 Å². The van der Waals surface area contributed by atoms with Gasteiger partial charge in [-0.05, 0) is 12.1 Å². The van der Waals surface area contributed by atoms with Crippen LogP contribution in [0.4, 0.5) is 10.2 Å². The van der Waals surface area contributed by atoms with Gasteiger partial charge in [-0.1, -0.05) is 6.07 Å². The maximum atomic E-state index is 12.7. The molecule has 1 aliphatic heterocycles. The van der Waals surface area contributed by atoms with E-state index in [1.165, 1.54) is 12.1 Å². The fourth-order valence-corrected chi connectivity index (χ4v) is 2.20. The van der Waals surface area contributed by atoms with Gasteiger partial charge in [0, 0.05) is 11.6 Å². The largest absolute Gasteiger partial charge is 0.309 e. The molecule has 0 aromatic carbocycles. The number of hydrogen-bond donors (Lipinski definition) is 2. The van der Waals surface area contributed by atoms with Crippen molar-refractivity contribution in [3.63, 3.8) is 0 Å². The maximum Gasteiger partial charge on any atom is 0.243 e. The van der Waals surface area contributed by atoms with E-state index in [-0.39, 0.29) is 17.8 Å². The molecule has 80 valence electrons. The summed E-state index contributed by atoms with van der Waals surface area (Å²) in [6, 6.07) is 4.09. The summed E-state index contributed by atoms with van der Waals surface area (Å²) in [5.41, 5.74) is 0. The summed E-state index contributed by atoms with van der Waals surface area (Å²) in [4.78, 5) is 15.1. The molecule has 0 bridgehead atoms. The van der Waals surface area contributed by atoms with Gasteiger partial charge < -0.3 is 5.32 Å². The zero-order valence-electron chi connectivity index (χ0n) is 7.87. The quantitative estimate of drug-likeness (QED) is 0.734. The highest BCUT2D eigenvalue weighted by atomic mass is 32.2. The Balaban J connectivity index is 1.99. The highest BCUT2D eigenvalue weighted by Gasteiger charge is 2.22. The van der Waals surface area contributed by atoms with Gasteiger partial charge >= 0.3 is 0 Å². The molecular formula is C9H10FN3OS. The standard InChI is InChI=1S/C9H10FN3OS/c10-7-2-1-3-8(12-7)13-9(14)6-4-15-5-11-6/h1-3,6,11H,4-5H2,(H,12,13,14). The molecule has 1 atom stereocenters. The van der Waals surface area contributed by atoms with Crippen LogP contribution in [-0.4, -0.2) is 28.6 Å². The van der Waals surface area contributed by atoms with Crippen LogP contribution in [0, 0.1) is 5.95 Å².